The first kappa shape index (κ1) is 31.2. The molecule has 0 amide bonds. The molecule has 2 N–H and O–H groups in total. The maximum Gasteiger partial charge on any atom is 0.490 e. The molecule has 0 aliphatic carbocycles. The number of carbonyl (C=O) groups is 2. The fraction of sp³-hybridized carbons (Fsp3) is 0.524. The van der Waals surface area contributed by atoms with Crippen LogP contribution in [-0.4, -0.2) is 101 Å². The van der Waals surface area contributed by atoms with E-state index in [1.165, 1.54) is 0 Å². The molecular formula is C21H24F6N4O6S. The zero-order valence-electron chi connectivity index (χ0n) is 19.6. The third-order valence-electron chi connectivity index (χ3n) is 5.02. The van der Waals surface area contributed by atoms with Gasteiger partial charge in [-0.15, -0.1) is 11.3 Å². The average Bonchev–Trinajstić information content (AvgIpc) is 3.26. The van der Waals surface area contributed by atoms with Gasteiger partial charge < -0.3 is 24.6 Å². The number of thiazole rings is 1. The number of aliphatic carboxylic acids is 2. The van der Waals surface area contributed by atoms with Crippen LogP contribution in [0.1, 0.15) is 5.01 Å². The number of hydrogen-bond donors (Lipinski definition) is 2. The molecule has 4 rings (SSSR count). The number of halogens is 6. The summed E-state index contributed by atoms with van der Waals surface area (Å²) < 4.78 is 75.6. The summed E-state index contributed by atoms with van der Waals surface area (Å²) in [6, 6.07) is 4.08. The highest BCUT2D eigenvalue weighted by Crippen LogP contribution is 2.26. The Morgan fingerprint density at radius 1 is 1.03 bits per heavy atom. The minimum absolute atomic E-state index is 0.290. The van der Waals surface area contributed by atoms with Crippen molar-refractivity contribution < 1.29 is 55.6 Å². The number of alkyl halides is 6. The molecule has 4 heterocycles. The number of carboxylic acids is 2. The Kier molecular flexibility index (Phi) is 11.2. The fourth-order valence-electron chi connectivity index (χ4n) is 3.43. The summed E-state index contributed by atoms with van der Waals surface area (Å²) in [7, 11) is 0. The Balaban J connectivity index is 0.000000301. The fourth-order valence-corrected chi connectivity index (χ4v) is 4.09. The number of ether oxygens (including phenoxy) is 2. The van der Waals surface area contributed by atoms with Gasteiger partial charge in [0.15, 0.2) is 0 Å². The standard InChI is InChI=1S/C17H22N4O2S.2C2HF3O2/c1-2-15(10-18-3-1)21-6-7-22-14-17(13-21)12-20(5-8-23-17)11-16-19-4-9-24-16;2*3-2(4,5)1(6)7/h1-4,9-10H,5-8,11-14H2;2*(H,6,7). The zero-order chi connectivity index (χ0) is 28.4. The van der Waals surface area contributed by atoms with Crippen molar-refractivity contribution in [3.05, 3.63) is 41.1 Å². The summed E-state index contributed by atoms with van der Waals surface area (Å²) in [5.41, 5.74) is 0.838. The van der Waals surface area contributed by atoms with Crippen molar-refractivity contribution in [1.29, 1.82) is 0 Å². The van der Waals surface area contributed by atoms with Gasteiger partial charge in [-0.25, -0.2) is 14.6 Å². The van der Waals surface area contributed by atoms with Gasteiger partial charge in [-0.05, 0) is 12.1 Å². The lowest BCUT2D eigenvalue weighted by molar-refractivity contribution is -0.193. The molecule has 2 aliphatic heterocycles. The molecule has 1 unspecified atom stereocenters. The second-order valence-corrected chi connectivity index (χ2v) is 8.94. The highest BCUT2D eigenvalue weighted by atomic mass is 32.1. The molecule has 2 aliphatic rings. The van der Waals surface area contributed by atoms with Crippen LogP contribution in [-0.2, 0) is 25.6 Å². The lowest BCUT2D eigenvalue weighted by atomic mass is 10.0. The lowest BCUT2D eigenvalue weighted by Gasteiger charge is -2.43. The van der Waals surface area contributed by atoms with Gasteiger partial charge in [-0.3, -0.25) is 9.88 Å². The van der Waals surface area contributed by atoms with Crippen LogP contribution in [0.2, 0.25) is 0 Å². The summed E-state index contributed by atoms with van der Waals surface area (Å²) in [6.07, 6.45) is -4.58. The Morgan fingerprint density at radius 3 is 2.21 bits per heavy atom. The van der Waals surface area contributed by atoms with Gasteiger partial charge in [0.05, 0.1) is 44.8 Å². The summed E-state index contributed by atoms with van der Waals surface area (Å²) >= 11 is 1.71. The van der Waals surface area contributed by atoms with Crippen LogP contribution >= 0.6 is 11.3 Å². The Labute approximate surface area is 216 Å². The zero-order valence-corrected chi connectivity index (χ0v) is 20.4. The van der Waals surface area contributed by atoms with E-state index >= 15 is 0 Å². The molecule has 2 saturated heterocycles. The summed E-state index contributed by atoms with van der Waals surface area (Å²) in [5.74, 6) is -5.51. The predicted molar refractivity (Wildman–Crippen MR) is 121 cm³/mol. The monoisotopic (exact) mass is 574 g/mol. The van der Waals surface area contributed by atoms with Crippen LogP contribution in [0.3, 0.4) is 0 Å². The van der Waals surface area contributed by atoms with E-state index < -0.39 is 24.3 Å². The number of rotatable bonds is 3. The average molecular weight is 575 g/mol. The van der Waals surface area contributed by atoms with Gasteiger partial charge in [-0.1, -0.05) is 0 Å². The maximum atomic E-state index is 10.6. The third kappa shape index (κ3) is 10.4. The summed E-state index contributed by atoms with van der Waals surface area (Å²) in [5, 5.41) is 17.4. The quantitative estimate of drug-likeness (QED) is 0.529. The largest absolute Gasteiger partial charge is 0.490 e. The van der Waals surface area contributed by atoms with E-state index in [0.717, 1.165) is 50.0 Å². The van der Waals surface area contributed by atoms with Crippen LogP contribution in [0.15, 0.2) is 36.1 Å². The van der Waals surface area contributed by atoms with E-state index in [1.54, 1.807) is 17.5 Å². The second kappa shape index (κ2) is 13.7. The summed E-state index contributed by atoms with van der Waals surface area (Å²) in [6.45, 7) is 6.46. The first-order valence-corrected chi connectivity index (χ1v) is 11.7. The van der Waals surface area contributed by atoms with E-state index in [1.807, 2.05) is 23.8 Å². The number of aromatic nitrogens is 2. The van der Waals surface area contributed by atoms with Gasteiger partial charge in [-0.2, -0.15) is 26.3 Å². The van der Waals surface area contributed by atoms with E-state index in [2.05, 4.69) is 25.8 Å². The number of carboxylic acid groups (broad SMARTS) is 2. The molecule has 38 heavy (non-hydrogen) atoms. The van der Waals surface area contributed by atoms with Gasteiger partial charge >= 0.3 is 24.3 Å². The minimum atomic E-state index is -5.08. The molecule has 2 fully saturated rings. The first-order valence-electron chi connectivity index (χ1n) is 10.8. The molecule has 2 aromatic rings. The molecular weight excluding hydrogens is 550 g/mol. The van der Waals surface area contributed by atoms with Crippen molar-refractivity contribution in [3.8, 4) is 0 Å². The van der Waals surface area contributed by atoms with Crippen molar-refractivity contribution in [3.63, 3.8) is 0 Å². The summed E-state index contributed by atoms with van der Waals surface area (Å²) in [4.78, 5) is 31.2. The molecule has 212 valence electrons. The van der Waals surface area contributed by atoms with Crippen molar-refractivity contribution in [1.82, 2.24) is 14.9 Å². The van der Waals surface area contributed by atoms with Crippen LogP contribution in [0.4, 0.5) is 32.0 Å². The van der Waals surface area contributed by atoms with E-state index in [0.29, 0.717) is 13.2 Å². The number of nitrogens with zero attached hydrogens (tertiary/aromatic N) is 4. The molecule has 1 spiro atoms. The Hall–Kier alpha value is -3.02. The van der Waals surface area contributed by atoms with E-state index in [4.69, 9.17) is 29.3 Å². The van der Waals surface area contributed by atoms with Crippen molar-refractivity contribution in [2.75, 3.05) is 50.9 Å². The Bertz CT molecular complexity index is 988. The second-order valence-electron chi connectivity index (χ2n) is 7.96. The molecule has 1 atom stereocenters. The maximum absolute atomic E-state index is 10.6. The molecule has 0 saturated carbocycles. The van der Waals surface area contributed by atoms with Crippen LogP contribution in [0.25, 0.3) is 0 Å². The van der Waals surface area contributed by atoms with Crippen LogP contribution < -0.4 is 4.90 Å². The number of pyridine rings is 1. The number of anilines is 1. The minimum Gasteiger partial charge on any atom is -0.475 e. The lowest BCUT2D eigenvalue weighted by Crippen LogP contribution is -2.58. The third-order valence-corrected chi connectivity index (χ3v) is 5.78. The van der Waals surface area contributed by atoms with Gasteiger partial charge in [0.2, 0.25) is 0 Å². The molecule has 0 bridgehead atoms. The normalized spacial score (nSPS) is 20.4. The number of morpholine rings is 1. The Morgan fingerprint density at radius 2 is 1.68 bits per heavy atom. The van der Waals surface area contributed by atoms with E-state index in [9.17, 15) is 26.3 Å². The molecule has 2 aromatic heterocycles. The predicted octanol–water partition coefficient (Wildman–Crippen LogP) is 2.91. The number of hydrogen-bond acceptors (Lipinski definition) is 9. The highest BCUT2D eigenvalue weighted by Gasteiger charge is 2.41. The topological polar surface area (TPSA) is 125 Å². The highest BCUT2D eigenvalue weighted by molar-refractivity contribution is 7.09. The SMILES string of the molecule is O=C(O)C(F)(F)F.O=C(O)C(F)(F)F.c1cncc(N2CCOCC3(CN(Cc4nccs4)CCO3)C2)c1. The smallest absolute Gasteiger partial charge is 0.475 e. The van der Waals surface area contributed by atoms with Crippen LogP contribution in [0.5, 0.6) is 0 Å². The van der Waals surface area contributed by atoms with Crippen molar-refractivity contribution >= 4 is 29.0 Å². The van der Waals surface area contributed by atoms with Gasteiger partial charge in [0.1, 0.15) is 10.6 Å². The first-order chi connectivity index (χ1) is 17.7. The van der Waals surface area contributed by atoms with E-state index in [-0.39, 0.29) is 5.60 Å². The van der Waals surface area contributed by atoms with Crippen molar-refractivity contribution in [2.24, 2.45) is 0 Å². The van der Waals surface area contributed by atoms with Gasteiger partial charge in [0.25, 0.3) is 0 Å². The molecule has 0 aromatic carbocycles. The van der Waals surface area contributed by atoms with Gasteiger partial charge in [0, 0.05) is 37.4 Å². The molecule has 10 nitrogen and oxygen atoms in total. The van der Waals surface area contributed by atoms with Crippen molar-refractivity contribution in [2.45, 2.75) is 24.5 Å². The van der Waals surface area contributed by atoms with Crippen LogP contribution in [0, 0.1) is 0 Å². The molecule has 0 radical (unpaired) electrons. The molecule has 17 heteroatoms.